The predicted octanol–water partition coefficient (Wildman–Crippen LogP) is 5.31. The maximum atomic E-state index is 2.25. The molecular weight excluding hydrogens is 192 g/mol. The molecule has 0 aliphatic carbocycles. The zero-order chi connectivity index (χ0) is 13.0. The summed E-state index contributed by atoms with van der Waals surface area (Å²) in [4.78, 5) is 0. The van der Waals surface area contributed by atoms with Crippen LogP contribution in [-0.4, -0.2) is 0 Å². The first-order chi connectivity index (χ1) is 7.21. The second-order valence-corrected chi connectivity index (χ2v) is 6.08. The summed E-state index contributed by atoms with van der Waals surface area (Å²) in [6.45, 7) is 17.5. The third-order valence-electron chi connectivity index (χ3n) is 2.62. The Morgan fingerprint density at radius 1 is 0.562 bits per heavy atom. The number of hydrogen-bond acceptors (Lipinski definition) is 0. The van der Waals surface area contributed by atoms with Gasteiger partial charge in [0, 0.05) is 0 Å². The molecule has 92 valence electrons. The van der Waals surface area contributed by atoms with Crippen LogP contribution in [0, 0.1) is 0 Å². The lowest BCUT2D eigenvalue weighted by molar-refractivity contribution is 0.577. The molecule has 0 saturated heterocycles. The average molecular weight is 220 g/mol. The molecule has 0 unspecified atom stereocenters. The summed E-state index contributed by atoms with van der Waals surface area (Å²) in [5, 5.41) is 0. The molecule has 0 amide bonds. The van der Waals surface area contributed by atoms with E-state index < -0.39 is 0 Å². The van der Waals surface area contributed by atoms with Crippen molar-refractivity contribution in [3.8, 4) is 0 Å². The molecule has 0 heteroatoms. The van der Waals surface area contributed by atoms with E-state index in [1.807, 2.05) is 13.8 Å². The zero-order valence-corrected chi connectivity index (χ0v) is 12.3. The summed E-state index contributed by atoms with van der Waals surface area (Å²) in [7, 11) is 0. The summed E-state index contributed by atoms with van der Waals surface area (Å²) in [6, 6.07) is 9.00. The number of hydrogen-bond donors (Lipinski definition) is 0. The summed E-state index contributed by atoms with van der Waals surface area (Å²) in [6.07, 6.45) is 0. The lowest BCUT2D eigenvalue weighted by Crippen LogP contribution is -2.14. The molecule has 0 N–H and O–H groups in total. The van der Waals surface area contributed by atoms with E-state index in [-0.39, 0.29) is 10.8 Å². The van der Waals surface area contributed by atoms with Gasteiger partial charge in [-0.1, -0.05) is 79.7 Å². The van der Waals surface area contributed by atoms with E-state index in [9.17, 15) is 0 Å². The Morgan fingerprint density at radius 2 is 0.750 bits per heavy atom. The maximum absolute atomic E-state index is 2.25. The Balaban J connectivity index is 0.00000106. The van der Waals surface area contributed by atoms with Gasteiger partial charge in [0.15, 0.2) is 0 Å². The highest BCUT2D eigenvalue weighted by Gasteiger charge is 2.16. The first kappa shape index (κ1) is 15.2. The quantitative estimate of drug-likeness (QED) is 0.556. The highest BCUT2D eigenvalue weighted by molar-refractivity contribution is 5.30. The summed E-state index contributed by atoms with van der Waals surface area (Å²) in [5.74, 6) is 0. The standard InChI is InChI=1S/C14H22.C2H6/c1-13(2,3)11-7-9-12(10-8-11)14(4,5)6;1-2/h7-10H,1-6H3;1-2H3. The van der Waals surface area contributed by atoms with Gasteiger partial charge >= 0.3 is 0 Å². The van der Waals surface area contributed by atoms with E-state index in [0.717, 1.165) is 0 Å². The van der Waals surface area contributed by atoms with Crippen molar-refractivity contribution in [1.82, 2.24) is 0 Å². The van der Waals surface area contributed by atoms with Crippen LogP contribution in [0.1, 0.15) is 66.5 Å². The van der Waals surface area contributed by atoms with E-state index in [2.05, 4.69) is 65.8 Å². The minimum absolute atomic E-state index is 0.260. The smallest absolute Gasteiger partial charge is 0.0132 e. The normalized spacial score (nSPS) is 11.8. The van der Waals surface area contributed by atoms with Gasteiger partial charge in [-0.3, -0.25) is 0 Å². The van der Waals surface area contributed by atoms with Crippen LogP contribution in [0.25, 0.3) is 0 Å². The number of benzene rings is 1. The highest BCUT2D eigenvalue weighted by atomic mass is 14.2. The molecule has 1 aromatic rings. The second kappa shape index (κ2) is 5.52. The van der Waals surface area contributed by atoms with Gasteiger partial charge in [-0.05, 0) is 22.0 Å². The van der Waals surface area contributed by atoms with Gasteiger partial charge in [-0.2, -0.15) is 0 Å². The van der Waals surface area contributed by atoms with Crippen LogP contribution in [0.3, 0.4) is 0 Å². The Kier molecular flexibility index (Phi) is 5.25. The van der Waals surface area contributed by atoms with Gasteiger partial charge < -0.3 is 0 Å². The molecule has 0 radical (unpaired) electrons. The Bertz CT molecular complexity index is 257. The zero-order valence-electron chi connectivity index (χ0n) is 12.3. The van der Waals surface area contributed by atoms with Crippen LogP contribution in [0.2, 0.25) is 0 Å². The van der Waals surface area contributed by atoms with E-state index in [1.165, 1.54) is 11.1 Å². The molecule has 1 aromatic carbocycles. The summed E-state index contributed by atoms with van der Waals surface area (Å²) in [5.41, 5.74) is 3.34. The van der Waals surface area contributed by atoms with Crippen molar-refractivity contribution in [2.45, 2.75) is 66.2 Å². The average Bonchev–Trinajstić information content (AvgIpc) is 2.18. The SMILES string of the molecule is CC.CC(C)(C)c1ccc(C(C)(C)C)cc1. The molecule has 16 heavy (non-hydrogen) atoms. The van der Waals surface area contributed by atoms with Gasteiger partial charge in [0.1, 0.15) is 0 Å². The molecule has 0 fully saturated rings. The summed E-state index contributed by atoms with van der Waals surface area (Å²) < 4.78 is 0. The fourth-order valence-corrected chi connectivity index (χ4v) is 1.47. The van der Waals surface area contributed by atoms with Gasteiger partial charge in [-0.15, -0.1) is 0 Å². The molecule has 0 spiro atoms. The summed E-state index contributed by atoms with van der Waals surface area (Å²) >= 11 is 0. The van der Waals surface area contributed by atoms with Crippen LogP contribution >= 0.6 is 0 Å². The third kappa shape index (κ3) is 4.38. The highest BCUT2D eigenvalue weighted by Crippen LogP contribution is 2.26. The van der Waals surface area contributed by atoms with E-state index in [4.69, 9.17) is 0 Å². The van der Waals surface area contributed by atoms with E-state index >= 15 is 0 Å². The van der Waals surface area contributed by atoms with Crippen molar-refractivity contribution in [2.75, 3.05) is 0 Å². The van der Waals surface area contributed by atoms with E-state index in [1.54, 1.807) is 0 Å². The number of rotatable bonds is 0. The monoisotopic (exact) mass is 220 g/mol. The molecule has 0 saturated carbocycles. The van der Waals surface area contributed by atoms with Gasteiger partial charge in [0.25, 0.3) is 0 Å². The molecule has 0 bridgehead atoms. The van der Waals surface area contributed by atoms with Crippen molar-refractivity contribution in [1.29, 1.82) is 0 Å². The molecule has 0 aliphatic rings. The molecule has 0 aliphatic heterocycles. The van der Waals surface area contributed by atoms with Crippen LogP contribution in [-0.2, 0) is 10.8 Å². The lowest BCUT2D eigenvalue weighted by atomic mass is 9.82. The van der Waals surface area contributed by atoms with Crippen LogP contribution in [0.5, 0.6) is 0 Å². The Morgan fingerprint density at radius 3 is 0.875 bits per heavy atom. The predicted molar refractivity (Wildman–Crippen MR) is 75.2 cm³/mol. The topological polar surface area (TPSA) is 0 Å². The van der Waals surface area contributed by atoms with Crippen LogP contribution in [0.4, 0.5) is 0 Å². The van der Waals surface area contributed by atoms with E-state index in [0.29, 0.717) is 0 Å². The molecule has 1 rings (SSSR count). The van der Waals surface area contributed by atoms with Crippen molar-refractivity contribution >= 4 is 0 Å². The molecule has 0 heterocycles. The van der Waals surface area contributed by atoms with Gasteiger partial charge in [0.05, 0.1) is 0 Å². The minimum Gasteiger partial charge on any atom is -0.0683 e. The molecule has 0 nitrogen and oxygen atoms in total. The first-order valence-electron chi connectivity index (χ1n) is 6.32. The second-order valence-electron chi connectivity index (χ2n) is 6.08. The first-order valence-corrected chi connectivity index (χ1v) is 6.32. The lowest BCUT2D eigenvalue weighted by Gasteiger charge is -2.23. The molecule has 0 aromatic heterocycles. The fraction of sp³-hybridized carbons (Fsp3) is 0.625. The van der Waals surface area contributed by atoms with Crippen molar-refractivity contribution in [2.24, 2.45) is 0 Å². The van der Waals surface area contributed by atoms with Crippen molar-refractivity contribution in [3.05, 3.63) is 35.4 Å². The Hall–Kier alpha value is -0.780. The van der Waals surface area contributed by atoms with Crippen molar-refractivity contribution < 1.29 is 0 Å². The van der Waals surface area contributed by atoms with Gasteiger partial charge in [-0.25, -0.2) is 0 Å². The van der Waals surface area contributed by atoms with Crippen LogP contribution < -0.4 is 0 Å². The van der Waals surface area contributed by atoms with Crippen LogP contribution in [0.15, 0.2) is 24.3 Å². The molecular formula is C16H28. The van der Waals surface area contributed by atoms with Gasteiger partial charge in [0.2, 0.25) is 0 Å². The fourth-order valence-electron chi connectivity index (χ4n) is 1.47. The minimum atomic E-state index is 0.260. The third-order valence-corrected chi connectivity index (χ3v) is 2.62. The van der Waals surface area contributed by atoms with Crippen molar-refractivity contribution in [3.63, 3.8) is 0 Å². The molecule has 0 atom stereocenters. The maximum Gasteiger partial charge on any atom is -0.0132 e. The largest absolute Gasteiger partial charge is 0.0683 e. The Labute approximate surface area is 102 Å².